The Hall–Kier alpha value is -10.7. The Morgan fingerprint density at radius 2 is 0.662 bits per heavy atom. The van der Waals surface area contributed by atoms with E-state index in [-0.39, 0.29) is 0 Å². The van der Waals surface area contributed by atoms with Crippen LogP contribution in [0.5, 0.6) is 0 Å². The van der Waals surface area contributed by atoms with Crippen molar-refractivity contribution in [3.8, 4) is 106 Å². The molecule has 0 saturated carbocycles. The zero-order chi connectivity index (χ0) is 52.9. The summed E-state index contributed by atoms with van der Waals surface area (Å²) in [5.41, 5.74) is 23.3. The van der Waals surface area contributed by atoms with Gasteiger partial charge in [0.2, 0.25) is 0 Å². The average molecular weight is 1020 g/mol. The number of rotatable bonds is 10. The van der Waals surface area contributed by atoms with Crippen LogP contribution in [0.15, 0.2) is 302 Å². The van der Waals surface area contributed by atoms with Gasteiger partial charge in [0, 0.05) is 49.5 Å². The summed E-state index contributed by atoms with van der Waals surface area (Å²) in [6, 6.07) is 106. The molecular formula is C76H49N3O. The molecule has 80 heavy (non-hydrogen) atoms. The maximum Gasteiger partial charge on any atom is 0.160 e. The second kappa shape index (κ2) is 19.7. The van der Waals surface area contributed by atoms with E-state index < -0.39 is 0 Å². The average Bonchev–Trinajstić information content (AvgIpc) is 4.12. The van der Waals surface area contributed by atoms with Crippen LogP contribution in [-0.4, -0.2) is 14.5 Å². The zero-order valence-electron chi connectivity index (χ0n) is 43.5. The molecule has 0 fully saturated rings. The molecule has 0 aliphatic carbocycles. The summed E-state index contributed by atoms with van der Waals surface area (Å²) in [7, 11) is 0. The van der Waals surface area contributed by atoms with E-state index in [1.807, 2.05) is 6.07 Å². The third kappa shape index (κ3) is 8.53. The van der Waals surface area contributed by atoms with Gasteiger partial charge >= 0.3 is 0 Å². The molecule has 0 saturated heterocycles. The molecular weight excluding hydrogens is 971 g/mol. The zero-order valence-corrected chi connectivity index (χ0v) is 43.5. The third-order valence-electron chi connectivity index (χ3n) is 15.6. The molecule has 15 aromatic rings. The lowest BCUT2D eigenvalue weighted by Crippen LogP contribution is -1.98. The van der Waals surface area contributed by atoms with Gasteiger partial charge in [0.05, 0.1) is 22.4 Å². The Bertz CT molecular complexity index is 4770. The van der Waals surface area contributed by atoms with Crippen LogP contribution in [0.2, 0.25) is 0 Å². The maximum atomic E-state index is 6.65. The molecule has 4 heteroatoms. The summed E-state index contributed by atoms with van der Waals surface area (Å²) in [6.45, 7) is 0. The van der Waals surface area contributed by atoms with Gasteiger partial charge in [0.25, 0.3) is 0 Å². The van der Waals surface area contributed by atoms with Crippen molar-refractivity contribution >= 4 is 43.7 Å². The normalized spacial score (nSPS) is 11.5. The quantitative estimate of drug-likeness (QED) is 0.137. The fraction of sp³-hybridized carbons (Fsp3) is 0. The minimum absolute atomic E-state index is 0.649. The number of aromatic nitrogens is 3. The molecule has 0 N–H and O–H groups in total. The second-order valence-electron chi connectivity index (χ2n) is 20.5. The van der Waals surface area contributed by atoms with Crippen LogP contribution in [0, 0.1) is 0 Å². The van der Waals surface area contributed by atoms with E-state index in [1.165, 1.54) is 33.0 Å². The fourth-order valence-electron chi connectivity index (χ4n) is 11.7. The largest absolute Gasteiger partial charge is 0.455 e. The number of para-hydroxylation sites is 4. The molecule has 0 unspecified atom stereocenters. The highest BCUT2D eigenvalue weighted by molar-refractivity contribution is 6.11. The van der Waals surface area contributed by atoms with Crippen LogP contribution in [-0.2, 0) is 0 Å². The highest BCUT2D eigenvalue weighted by Crippen LogP contribution is 2.41. The lowest BCUT2D eigenvalue weighted by molar-refractivity contribution is 0.670. The first kappa shape index (κ1) is 46.6. The summed E-state index contributed by atoms with van der Waals surface area (Å²) in [5.74, 6) is 0.649. The van der Waals surface area contributed by atoms with Crippen molar-refractivity contribution in [2.45, 2.75) is 0 Å². The van der Waals surface area contributed by atoms with Crippen molar-refractivity contribution in [2.24, 2.45) is 0 Å². The van der Waals surface area contributed by atoms with E-state index in [0.29, 0.717) is 5.82 Å². The molecule has 0 radical (unpaired) electrons. The number of fused-ring (bicyclic) bond motifs is 6. The van der Waals surface area contributed by atoms with E-state index in [9.17, 15) is 0 Å². The molecule has 374 valence electrons. The number of benzene rings is 12. The Balaban J connectivity index is 0.862. The smallest absolute Gasteiger partial charge is 0.160 e. The molecule has 12 aromatic carbocycles. The van der Waals surface area contributed by atoms with Gasteiger partial charge in [0.1, 0.15) is 11.2 Å². The maximum absolute atomic E-state index is 6.65. The van der Waals surface area contributed by atoms with Gasteiger partial charge in [-0.25, -0.2) is 9.97 Å². The van der Waals surface area contributed by atoms with E-state index in [0.717, 1.165) is 111 Å². The molecule has 0 amide bonds. The Morgan fingerprint density at radius 3 is 1.31 bits per heavy atom. The van der Waals surface area contributed by atoms with Gasteiger partial charge < -0.3 is 8.98 Å². The fourth-order valence-corrected chi connectivity index (χ4v) is 11.7. The van der Waals surface area contributed by atoms with E-state index in [4.69, 9.17) is 14.4 Å². The summed E-state index contributed by atoms with van der Waals surface area (Å²) in [5, 5.41) is 4.65. The van der Waals surface area contributed by atoms with Gasteiger partial charge in [-0.1, -0.05) is 224 Å². The highest BCUT2D eigenvalue weighted by Gasteiger charge is 2.18. The van der Waals surface area contributed by atoms with Gasteiger partial charge in [0.15, 0.2) is 5.82 Å². The van der Waals surface area contributed by atoms with Gasteiger partial charge in [-0.05, 0) is 134 Å². The molecule has 4 nitrogen and oxygen atoms in total. The standard InChI is InChI=1S/C76H49N3O/c1-3-18-50(19-4-1)54-22-13-24-56(42-54)57-25-15-27-59(44-57)71-49-70(77-76(78-71)60-28-16-29-64(48-60)79-72-35-10-7-30-66(72)67-31-8-11-36-73(67)79)53-40-38-52(39-41-53)61-45-62(58-26-14-23-55(43-58)51-20-5-2-6-21-51)47-63(46-61)65-33-17-34-69-68-32-9-12-37-74(68)80-75(65)69/h1-49H. The van der Waals surface area contributed by atoms with Crippen molar-refractivity contribution in [1.82, 2.24) is 14.5 Å². The molecule has 0 aliphatic heterocycles. The molecule has 3 heterocycles. The van der Waals surface area contributed by atoms with Crippen molar-refractivity contribution in [2.75, 3.05) is 0 Å². The van der Waals surface area contributed by atoms with Crippen molar-refractivity contribution in [3.05, 3.63) is 297 Å². The topological polar surface area (TPSA) is 43.9 Å². The minimum Gasteiger partial charge on any atom is -0.455 e. The van der Waals surface area contributed by atoms with Crippen LogP contribution >= 0.6 is 0 Å². The summed E-state index contributed by atoms with van der Waals surface area (Å²) in [6.07, 6.45) is 0. The number of nitrogens with zero attached hydrogens (tertiary/aromatic N) is 3. The predicted molar refractivity (Wildman–Crippen MR) is 333 cm³/mol. The summed E-state index contributed by atoms with van der Waals surface area (Å²) >= 11 is 0. The third-order valence-corrected chi connectivity index (χ3v) is 15.6. The molecule has 0 spiro atoms. The van der Waals surface area contributed by atoms with Crippen molar-refractivity contribution in [3.63, 3.8) is 0 Å². The van der Waals surface area contributed by atoms with Crippen LogP contribution in [0.3, 0.4) is 0 Å². The van der Waals surface area contributed by atoms with Crippen molar-refractivity contribution in [1.29, 1.82) is 0 Å². The molecule has 3 aromatic heterocycles. The monoisotopic (exact) mass is 1020 g/mol. The van der Waals surface area contributed by atoms with Gasteiger partial charge in [-0.3, -0.25) is 0 Å². The van der Waals surface area contributed by atoms with Crippen LogP contribution in [0.1, 0.15) is 0 Å². The molecule has 0 aliphatic rings. The Kier molecular flexibility index (Phi) is 11.5. The summed E-state index contributed by atoms with van der Waals surface area (Å²) in [4.78, 5) is 10.9. The van der Waals surface area contributed by atoms with Crippen LogP contribution in [0.4, 0.5) is 0 Å². The van der Waals surface area contributed by atoms with Crippen LogP contribution in [0.25, 0.3) is 150 Å². The van der Waals surface area contributed by atoms with Gasteiger partial charge in [-0.2, -0.15) is 0 Å². The minimum atomic E-state index is 0.649. The number of furan rings is 1. The lowest BCUT2D eigenvalue weighted by Gasteiger charge is -2.14. The molecule has 0 atom stereocenters. The SMILES string of the molecule is c1ccc(-c2cccc(-c3cccc(-c4cc(-c5ccc(-c6cc(-c7cccc(-c8ccccc8)c7)cc(-c7cccc8c7oc7ccccc78)c6)cc5)nc(-c5cccc(-n6c7ccccc7c7ccccc76)c5)n4)c3)c2)cc1. The first-order valence-electron chi connectivity index (χ1n) is 27.2. The molecule has 0 bridgehead atoms. The van der Waals surface area contributed by atoms with E-state index in [2.05, 4.69) is 296 Å². The van der Waals surface area contributed by atoms with Crippen molar-refractivity contribution < 1.29 is 4.42 Å². The lowest BCUT2D eigenvalue weighted by atomic mass is 9.91. The Labute approximate surface area is 463 Å². The first-order chi connectivity index (χ1) is 39.6. The first-order valence-corrected chi connectivity index (χ1v) is 27.2. The van der Waals surface area contributed by atoms with E-state index >= 15 is 0 Å². The predicted octanol–water partition coefficient (Wildman–Crippen LogP) is 20.5. The van der Waals surface area contributed by atoms with E-state index in [1.54, 1.807) is 0 Å². The number of hydrogen-bond donors (Lipinski definition) is 0. The number of hydrogen-bond acceptors (Lipinski definition) is 3. The highest BCUT2D eigenvalue weighted by atomic mass is 16.3. The van der Waals surface area contributed by atoms with Crippen LogP contribution < -0.4 is 0 Å². The molecule has 15 rings (SSSR count). The van der Waals surface area contributed by atoms with Gasteiger partial charge in [-0.15, -0.1) is 0 Å². The second-order valence-corrected chi connectivity index (χ2v) is 20.5. The Morgan fingerprint density at radius 1 is 0.250 bits per heavy atom. The summed E-state index contributed by atoms with van der Waals surface area (Å²) < 4.78 is 9.00.